The summed E-state index contributed by atoms with van der Waals surface area (Å²) in [7, 11) is 0. The lowest BCUT2D eigenvalue weighted by molar-refractivity contribution is -0.122. The molecule has 2 N–H and O–H groups in total. The second-order valence-electron chi connectivity index (χ2n) is 3.51. The van der Waals surface area contributed by atoms with Gasteiger partial charge in [-0.15, -0.1) is 0 Å². The van der Waals surface area contributed by atoms with Gasteiger partial charge < -0.3 is 14.9 Å². The third-order valence-corrected chi connectivity index (χ3v) is 2.08. The Morgan fingerprint density at radius 3 is 2.59 bits per heavy atom. The van der Waals surface area contributed by atoms with Gasteiger partial charge in [0.2, 0.25) is 0 Å². The second kappa shape index (κ2) is 10.8. The molecule has 4 nitrogen and oxygen atoms in total. The van der Waals surface area contributed by atoms with Gasteiger partial charge in [0.15, 0.2) is 0 Å². The Hall–Kier alpha value is -1.71. The maximum atomic E-state index is 9.17. The number of benzene rings is 1. The van der Waals surface area contributed by atoms with Crippen molar-refractivity contribution in [3.05, 3.63) is 24.3 Å². The van der Waals surface area contributed by atoms with Gasteiger partial charge in [-0.3, -0.25) is 4.79 Å². The van der Waals surface area contributed by atoms with Crippen molar-refractivity contribution in [1.29, 1.82) is 0 Å². The summed E-state index contributed by atoms with van der Waals surface area (Å²) in [5.74, 6) is 1.01. The van der Waals surface area contributed by atoms with Gasteiger partial charge in [-0.2, -0.15) is 0 Å². The smallest absolute Gasteiger partial charge is 0.290 e. The van der Waals surface area contributed by atoms with Crippen LogP contribution in [0.25, 0.3) is 0 Å². The minimum atomic E-state index is -0.250. The van der Waals surface area contributed by atoms with Crippen LogP contribution in [0.3, 0.4) is 0 Å². The Labute approximate surface area is 102 Å². The molecule has 0 aromatic heterocycles. The number of ether oxygens (including phenoxy) is 1. The lowest BCUT2D eigenvalue weighted by atomic mass is 10.2. The third-order valence-electron chi connectivity index (χ3n) is 2.08. The fourth-order valence-electron chi connectivity index (χ4n) is 1.29. The molecule has 17 heavy (non-hydrogen) atoms. The van der Waals surface area contributed by atoms with Gasteiger partial charge in [-0.25, -0.2) is 0 Å². The Bertz CT molecular complexity index is 299. The zero-order valence-electron chi connectivity index (χ0n) is 10.1. The number of hydrogen-bond acceptors (Lipinski definition) is 3. The molecule has 0 aliphatic rings. The molecule has 0 saturated carbocycles. The number of phenolic OH excluding ortho intramolecular Hbond substituents is 1. The first kappa shape index (κ1) is 15.3. The predicted octanol–water partition coefficient (Wildman–Crippen LogP) is 3.05. The molecule has 0 heterocycles. The van der Waals surface area contributed by atoms with Crippen LogP contribution in [-0.4, -0.2) is 23.3 Å². The third kappa shape index (κ3) is 9.23. The monoisotopic (exact) mass is 240 g/mol. The van der Waals surface area contributed by atoms with E-state index in [4.69, 9.17) is 14.6 Å². The van der Waals surface area contributed by atoms with Gasteiger partial charge in [-0.05, 0) is 18.6 Å². The fraction of sp³-hybridized carbons (Fsp3) is 0.462. The van der Waals surface area contributed by atoms with Crippen LogP contribution in [-0.2, 0) is 4.79 Å². The van der Waals surface area contributed by atoms with Crippen LogP contribution in [0.4, 0.5) is 0 Å². The number of rotatable bonds is 6. The maximum Gasteiger partial charge on any atom is 0.290 e. The minimum Gasteiger partial charge on any atom is -0.508 e. The van der Waals surface area contributed by atoms with Crippen molar-refractivity contribution < 1.29 is 19.7 Å². The summed E-state index contributed by atoms with van der Waals surface area (Å²) in [6.07, 6.45) is 4.81. The molecule has 0 aliphatic carbocycles. The average Bonchev–Trinajstić information content (AvgIpc) is 2.30. The zero-order valence-corrected chi connectivity index (χ0v) is 10.1. The Kier molecular flexibility index (Phi) is 9.71. The van der Waals surface area contributed by atoms with Crippen LogP contribution in [0.2, 0.25) is 0 Å². The van der Waals surface area contributed by atoms with E-state index in [9.17, 15) is 5.11 Å². The van der Waals surface area contributed by atoms with Crippen LogP contribution in [0.5, 0.6) is 11.5 Å². The molecule has 0 aliphatic heterocycles. The van der Waals surface area contributed by atoms with Gasteiger partial charge in [0.25, 0.3) is 6.47 Å². The van der Waals surface area contributed by atoms with E-state index in [1.165, 1.54) is 19.3 Å². The molecule has 0 radical (unpaired) electrons. The summed E-state index contributed by atoms with van der Waals surface area (Å²) in [5.41, 5.74) is 0. The number of carboxylic acid groups (broad SMARTS) is 1. The van der Waals surface area contributed by atoms with Crippen LogP contribution >= 0.6 is 0 Å². The van der Waals surface area contributed by atoms with E-state index in [2.05, 4.69) is 6.92 Å². The molecule has 0 bridgehead atoms. The van der Waals surface area contributed by atoms with E-state index < -0.39 is 0 Å². The summed E-state index contributed by atoms with van der Waals surface area (Å²) < 4.78 is 5.47. The second-order valence-corrected chi connectivity index (χ2v) is 3.51. The lowest BCUT2D eigenvalue weighted by Gasteiger charge is -2.05. The van der Waals surface area contributed by atoms with Gasteiger partial charge >= 0.3 is 0 Å². The van der Waals surface area contributed by atoms with Crippen molar-refractivity contribution in [3.8, 4) is 11.5 Å². The van der Waals surface area contributed by atoms with Crippen LogP contribution in [0.1, 0.15) is 32.6 Å². The van der Waals surface area contributed by atoms with Crippen molar-refractivity contribution in [3.63, 3.8) is 0 Å². The van der Waals surface area contributed by atoms with Crippen molar-refractivity contribution in [1.82, 2.24) is 0 Å². The molecule has 1 rings (SSSR count). The Balaban J connectivity index is 0.000000770. The van der Waals surface area contributed by atoms with Crippen molar-refractivity contribution in [2.75, 3.05) is 6.61 Å². The molecule has 1 aromatic rings. The fourth-order valence-corrected chi connectivity index (χ4v) is 1.29. The molecule has 0 unspecified atom stereocenters. The van der Waals surface area contributed by atoms with E-state index in [0.717, 1.165) is 18.8 Å². The predicted molar refractivity (Wildman–Crippen MR) is 66.4 cm³/mol. The van der Waals surface area contributed by atoms with Gasteiger partial charge in [0.1, 0.15) is 11.5 Å². The van der Waals surface area contributed by atoms with E-state index in [1.807, 2.05) is 6.07 Å². The van der Waals surface area contributed by atoms with Gasteiger partial charge in [0.05, 0.1) is 6.61 Å². The first-order valence-electron chi connectivity index (χ1n) is 5.74. The molecule has 4 heteroatoms. The summed E-state index contributed by atoms with van der Waals surface area (Å²) >= 11 is 0. The Morgan fingerprint density at radius 2 is 2.00 bits per heavy atom. The first-order valence-corrected chi connectivity index (χ1v) is 5.74. The maximum absolute atomic E-state index is 9.17. The molecule has 0 amide bonds. The molecule has 0 fully saturated rings. The summed E-state index contributed by atoms with van der Waals surface area (Å²) in [4.78, 5) is 8.36. The van der Waals surface area contributed by atoms with Gasteiger partial charge in [0, 0.05) is 6.07 Å². The molecular weight excluding hydrogens is 220 g/mol. The Morgan fingerprint density at radius 1 is 1.29 bits per heavy atom. The highest BCUT2D eigenvalue weighted by atomic mass is 16.5. The highest BCUT2D eigenvalue weighted by Gasteiger charge is 1.94. The van der Waals surface area contributed by atoms with Crippen LogP contribution in [0, 0.1) is 0 Å². The highest BCUT2D eigenvalue weighted by Crippen LogP contribution is 2.17. The summed E-state index contributed by atoms with van der Waals surface area (Å²) in [6.45, 7) is 2.68. The van der Waals surface area contributed by atoms with E-state index >= 15 is 0 Å². The quantitative estimate of drug-likeness (QED) is 0.592. The molecule has 0 saturated heterocycles. The van der Waals surface area contributed by atoms with E-state index in [1.54, 1.807) is 18.2 Å². The molecule has 96 valence electrons. The number of phenols is 1. The SMILES string of the molecule is CCCCCCOc1cccc(O)c1.O=CO. The van der Waals surface area contributed by atoms with Crippen LogP contribution in [0.15, 0.2) is 24.3 Å². The average molecular weight is 240 g/mol. The minimum absolute atomic E-state index is 0.250. The number of carbonyl (C=O) groups is 1. The number of unbranched alkanes of at least 4 members (excludes halogenated alkanes) is 3. The highest BCUT2D eigenvalue weighted by molar-refractivity contribution is 5.32. The summed E-state index contributed by atoms with van der Waals surface area (Å²) in [5, 5.41) is 16.1. The van der Waals surface area contributed by atoms with Crippen molar-refractivity contribution in [2.24, 2.45) is 0 Å². The number of aromatic hydroxyl groups is 1. The summed E-state index contributed by atoms with van der Waals surface area (Å²) in [6, 6.07) is 6.93. The molecule has 1 aromatic carbocycles. The molecule has 0 atom stereocenters. The normalized spacial score (nSPS) is 9.00. The van der Waals surface area contributed by atoms with E-state index in [0.29, 0.717) is 0 Å². The standard InChI is InChI=1S/C12H18O2.CH2O2/c1-2-3-4-5-9-14-12-8-6-7-11(13)10-12;2-1-3/h6-8,10,13H,2-5,9H2,1H3;1H,(H,2,3). The first-order chi connectivity index (χ1) is 8.24. The zero-order chi connectivity index (χ0) is 12.9. The molecule has 0 spiro atoms. The van der Waals surface area contributed by atoms with E-state index in [-0.39, 0.29) is 12.2 Å². The topological polar surface area (TPSA) is 66.8 Å². The molecular formula is C13H20O4. The van der Waals surface area contributed by atoms with Crippen molar-refractivity contribution >= 4 is 6.47 Å². The number of hydrogen-bond donors (Lipinski definition) is 2. The van der Waals surface area contributed by atoms with Gasteiger partial charge in [-0.1, -0.05) is 32.3 Å². The van der Waals surface area contributed by atoms with Crippen molar-refractivity contribution in [2.45, 2.75) is 32.6 Å². The largest absolute Gasteiger partial charge is 0.508 e. The van der Waals surface area contributed by atoms with Crippen LogP contribution < -0.4 is 4.74 Å². The lowest BCUT2D eigenvalue weighted by Crippen LogP contribution is -1.96.